The number of fused-ring (bicyclic) bond motifs is 1. The molecule has 7 heteroatoms. The van der Waals surface area contributed by atoms with Crippen molar-refractivity contribution in [3.05, 3.63) is 29.8 Å². The topological polar surface area (TPSA) is 37.4 Å². The maximum Gasteiger partial charge on any atom is 0.417 e. The van der Waals surface area contributed by atoms with E-state index in [2.05, 4.69) is 10.3 Å². The third-order valence-corrected chi connectivity index (χ3v) is 3.75. The van der Waals surface area contributed by atoms with Crippen molar-refractivity contribution in [2.45, 2.75) is 6.18 Å². The number of nitrogens with zero attached hydrogens (tertiary/aromatic N) is 2. The van der Waals surface area contributed by atoms with Gasteiger partial charge in [0.25, 0.3) is 0 Å². The first kappa shape index (κ1) is 14.9. The summed E-state index contributed by atoms with van der Waals surface area (Å²) >= 11 is 0. The number of nitrogens with one attached hydrogen (secondary N) is 1. The van der Waals surface area contributed by atoms with E-state index in [1.165, 1.54) is 13.2 Å². The predicted molar refractivity (Wildman–Crippen MR) is 78.4 cm³/mol. The molecule has 3 rings (SSSR count). The highest BCUT2D eigenvalue weighted by Crippen LogP contribution is 2.37. The summed E-state index contributed by atoms with van der Waals surface area (Å²) in [5.74, 6) is 0.751. The van der Waals surface area contributed by atoms with Gasteiger partial charge in [0, 0.05) is 31.6 Å². The van der Waals surface area contributed by atoms with E-state index >= 15 is 0 Å². The van der Waals surface area contributed by atoms with E-state index in [0.29, 0.717) is 30.2 Å². The fourth-order valence-corrected chi connectivity index (χ4v) is 2.61. The Hall–Kier alpha value is -2.02. The second-order valence-corrected chi connectivity index (χ2v) is 5.15. The Morgan fingerprint density at radius 3 is 2.55 bits per heavy atom. The summed E-state index contributed by atoms with van der Waals surface area (Å²) in [5, 5.41) is 3.23. The average molecular weight is 311 g/mol. The van der Waals surface area contributed by atoms with Crippen molar-refractivity contribution in [2.24, 2.45) is 0 Å². The van der Waals surface area contributed by atoms with Crippen LogP contribution in [0.3, 0.4) is 0 Å². The molecule has 2 heterocycles. The fraction of sp³-hybridized carbons (Fsp3) is 0.400. The Morgan fingerprint density at radius 1 is 1.18 bits per heavy atom. The zero-order chi connectivity index (χ0) is 15.7. The van der Waals surface area contributed by atoms with Crippen molar-refractivity contribution in [1.29, 1.82) is 0 Å². The minimum atomic E-state index is -4.43. The van der Waals surface area contributed by atoms with Crippen LogP contribution in [0.25, 0.3) is 10.9 Å². The molecule has 0 saturated carbocycles. The van der Waals surface area contributed by atoms with Crippen LogP contribution in [-0.2, 0) is 6.18 Å². The molecule has 0 bridgehead atoms. The van der Waals surface area contributed by atoms with Gasteiger partial charge in [-0.15, -0.1) is 0 Å². The minimum Gasteiger partial charge on any atom is -0.497 e. The van der Waals surface area contributed by atoms with Gasteiger partial charge in [0.05, 0.1) is 18.2 Å². The monoisotopic (exact) mass is 311 g/mol. The first-order chi connectivity index (χ1) is 10.5. The smallest absolute Gasteiger partial charge is 0.417 e. The molecule has 1 aliphatic rings. The van der Waals surface area contributed by atoms with Crippen LogP contribution in [-0.4, -0.2) is 38.3 Å². The van der Waals surface area contributed by atoms with Crippen LogP contribution in [0.1, 0.15) is 5.56 Å². The number of aromatic nitrogens is 1. The maximum atomic E-state index is 13.4. The summed E-state index contributed by atoms with van der Waals surface area (Å²) in [7, 11) is 1.43. The molecular weight excluding hydrogens is 295 g/mol. The number of methoxy groups -OCH3 is 1. The normalized spacial score (nSPS) is 16.1. The largest absolute Gasteiger partial charge is 0.497 e. The first-order valence-corrected chi connectivity index (χ1v) is 7.01. The Labute approximate surface area is 125 Å². The van der Waals surface area contributed by atoms with Gasteiger partial charge in [-0.2, -0.15) is 13.2 Å². The zero-order valence-electron chi connectivity index (χ0n) is 12.1. The number of piperazine rings is 1. The lowest BCUT2D eigenvalue weighted by atomic mass is 10.1. The van der Waals surface area contributed by atoms with Crippen LogP contribution in [0.5, 0.6) is 5.75 Å². The second kappa shape index (κ2) is 5.64. The van der Waals surface area contributed by atoms with Crippen molar-refractivity contribution in [1.82, 2.24) is 10.3 Å². The number of hydrogen-bond donors (Lipinski definition) is 1. The molecule has 0 amide bonds. The number of anilines is 1. The summed E-state index contributed by atoms with van der Waals surface area (Å²) in [6.07, 6.45) is -4.43. The highest BCUT2D eigenvalue weighted by molar-refractivity contribution is 5.86. The molecule has 0 spiro atoms. The van der Waals surface area contributed by atoms with Crippen molar-refractivity contribution in [3.8, 4) is 5.75 Å². The molecular formula is C15H16F3N3O. The SMILES string of the molecule is COc1ccc2nc(N3CCNCC3)cc(C(F)(F)F)c2c1. The van der Waals surface area contributed by atoms with Crippen molar-refractivity contribution in [2.75, 3.05) is 38.2 Å². The van der Waals surface area contributed by atoms with Gasteiger partial charge < -0.3 is 15.0 Å². The third-order valence-electron chi connectivity index (χ3n) is 3.75. The van der Waals surface area contributed by atoms with Gasteiger partial charge in [-0.3, -0.25) is 0 Å². The van der Waals surface area contributed by atoms with Crippen LogP contribution in [0.15, 0.2) is 24.3 Å². The predicted octanol–water partition coefficient (Wildman–Crippen LogP) is 2.67. The number of ether oxygens (including phenoxy) is 1. The number of alkyl halides is 3. The lowest BCUT2D eigenvalue weighted by Crippen LogP contribution is -2.44. The van der Waals surface area contributed by atoms with Crippen molar-refractivity contribution in [3.63, 3.8) is 0 Å². The first-order valence-electron chi connectivity index (χ1n) is 7.01. The summed E-state index contributed by atoms with van der Waals surface area (Å²) < 4.78 is 45.2. The van der Waals surface area contributed by atoms with E-state index in [1.54, 1.807) is 12.1 Å². The third kappa shape index (κ3) is 2.81. The quantitative estimate of drug-likeness (QED) is 0.925. The van der Waals surface area contributed by atoms with Gasteiger partial charge in [-0.1, -0.05) is 0 Å². The lowest BCUT2D eigenvalue weighted by molar-refractivity contribution is -0.136. The summed E-state index contributed by atoms with van der Waals surface area (Å²) in [6.45, 7) is 2.77. The molecule has 1 N–H and O–H groups in total. The molecule has 22 heavy (non-hydrogen) atoms. The Kier molecular flexibility index (Phi) is 3.82. The average Bonchev–Trinajstić information content (AvgIpc) is 2.53. The van der Waals surface area contributed by atoms with E-state index in [1.807, 2.05) is 4.90 Å². The van der Waals surface area contributed by atoms with Gasteiger partial charge in [-0.25, -0.2) is 4.98 Å². The standard InChI is InChI=1S/C15H16F3N3O/c1-22-10-2-3-13-11(8-10)12(15(16,17)18)9-14(20-13)21-6-4-19-5-7-21/h2-3,8-9,19H,4-7H2,1H3. The summed E-state index contributed by atoms with van der Waals surface area (Å²) in [4.78, 5) is 6.26. The number of halogens is 3. The van der Waals surface area contributed by atoms with E-state index in [-0.39, 0.29) is 5.39 Å². The van der Waals surface area contributed by atoms with Gasteiger partial charge in [0.15, 0.2) is 0 Å². The number of benzene rings is 1. The Bertz CT molecular complexity index is 682. The van der Waals surface area contributed by atoms with Crippen LogP contribution in [0.2, 0.25) is 0 Å². The molecule has 2 aromatic rings. The van der Waals surface area contributed by atoms with Crippen LogP contribution >= 0.6 is 0 Å². The van der Waals surface area contributed by atoms with E-state index in [9.17, 15) is 13.2 Å². The number of rotatable bonds is 2. The van der Waals surface area contributed by atoms with Gasteiger partial charge in [0.1, 0.15) is 11.6 Å². The van der Waals surface area contributed by atoms with E-state index < -0.39 is 11.7 Å². The molecule has 1 aliphatic heterocycles. The molecule has 118 valence electrons. The summed E-state index contributed by atoms with van der Waals surface area (Å²) in [5.41, 5.74) is -0.353. The highest BCUT2D eigenvalue weighted by atomic mass is 19.4. The second-order valence-electron chi connectivity index (χ2n) is 5.15. The van der Waals surface area contributed by atoms with E-state index in [0.717, 1.165) is 19.2 Å². The van der Waals surface area contributed by atoms with Gasteiger partial charge in [-0.05, 0) is 24.3 Å². The van der Waals surface area contributed by atoms with Gasteiger partial charge >= 0.3 is 6.18 Å². The minimum absolute atomic E-state index is 0.0609. The molecule has 1 aromatic carbocycles. The molecule has 0 atom stereocenters. The fourth-order valence-electron chi connectivity index (χ4n) is 2.61. The number of pyridine rings is 1. The van der Waals surface area contributed by atoms with Crippen LogP contribution in [0, 0.1) is 0 Å². The highest BCUT2D eigenvalue weighted by Gasteiger charge is 2.34. The summed E-state index contributed by atoms with van der Waals surface area (Å²) in [6, 6.07) is 5.70. The maximum absolute atomic E-state index is 13.4. The molecule has 1 aromatic heterocycles. The van der Waals surface area contributed by atoms with Crippen LogP contribution < -0.4 is 15.0 Å². The van der Waals surface area contributed by atoms with E-state index in [4.69, 9.17) is 4.74 Å². The molecule has 1 saturated heterocycles. The van der Waals surface area contributed by atoms with Crippen molar-refractivity contribution >= 4 is 16.7 Å². The van der Waals surface area contributed by atoms with Crippen molar-refractivity contribution < 1.29 is 17.9 Å². The molecule has 0 radical (unpaired) electrons. The van der Waals surface area contributed by atoms with Gasteiger partial charge in [0.2, 0.25) is 0 Å². The molecule has 0 aliphatic carbocycles. The Balaban J connectivity index is 2.16. The molecule has 4 nitrogen and oxygen atoms in total. The van der Waals surface area contributed by atoms with Crippen LogP contribution in [0.4, 0.5) is 19.0 Å². The molecule has 0 unspecified atom stereocenters. The Morgan fingerprint density at radius 2 is 1.91 bits per heavy atom. The zero-order valence-corrected chi connectivity index (χ0v) is 12.1. The lowest BCUT2D eigenvalue weighted by Gasteiger charge is -2.29. The number of hydrogen-bond acceptors (Lipinski definition) is 4. The molecule has 1 fully saturated rings.